The predicted molar refractivity (Wildman–Crippen MR) is 76.4 cm³/mol. The standard InChI is InChI=1S/C13H9N7O2/c1-3-10(21-5-1)7-14-12-17-18-13-19(9-16-20(12)13)15-8-11-4-2-6-22-11/h1-9H/b14-7?,15-8-. The minimum atomic E-state index is 0.332. The van der Waals surface area contributed by atoms with Crippen LogP contribution in [0.4, 0.5) is 5.95 Å². The van der Waals surface area contributed by atoms with Crippen LogP contribution in [0.2, 0.25) is 0 Å². The van der Waals surface area contributed by atoms with Gasteiger partial charge in [0, 0.05) is 0 Å². The van der Waals surface area contributed by atoms with Gasteiger partial charge >= 0.3 is 0 Å². The van der Waals surface area contributed by atoms with Gasteiger partial charge in [0.2, 0.25) is 0 Å². The third kappa shape index (κ3) is 2.20. The molecule has 0 N–H and O–H groups in total. The first-order chi connectivity index (χ1) is 10.9. The highest BCUT2D eigenvalue weighted by Gasteiger charge is 2.09. The first-order valence-electron chi connectivity index (χ1n) is 6.34. The predicted octanol–water partition coefficient (Wildman–Crippen LogP) is 1.74. The lowest BCUT2D eigenvalue weighted by Gasteiger charge is -1.88. The van der Waals surface area contributed by atoms with Crippen molar-refractivity contribution in [2.45, 2.75) is 0 Å². The summed E-state index contributed by atoms with van der Waals surface area (Å²) in [6.07, 6.45) is 7.75. The van der Waals surface area contributed by atoms with Crippen LogP contribution in [-0.2, 0) is 0 Å². The Hall–Kier alpha value is -3.49. The van der Waals surface area contributed by atoms with E-state index in [9.17, 15) is 0 Å². The van der Waals surface area contributed by atoms with Gasteiger partial charge in [-0.25, -0.2) is 4.99 Å². The molecule has 0 aliphatic rings. The number of hydrogen-bond acceptors (Lipinski definition) is 7. The molecule has 0 unspecified atom stereocenters. The Bertz CT molecular complexity index is 850. The van der Waals surface area contributed by atoms with Crippen molar-refractivity contribution in [1.29, 1.82) is 0 Å². The smallest absolute Gasteiger partial charge is 0.276 e. The second-order valence-electron chi connectivity index (χ2n) is 4.22. The van der Waals surface area contributed by atoms with E-state index in [1.54, 1.807) is 49.2 Å². The van der Waals surface area contributed by atoms with Crippen LogP contribution >= 0.6 is 0 Å². The van der Waals surface area contributed by atoms with Crippen molar-refractivity contribution >= 4 is 24.2 Å². The lowest BCUT2D eigenvalue weighted by atomic mass is 10.5. The Morgan fingerprint density at radius 1 is 1.00 bits per heavy atom. The number of furan rings is 2. The van der Waals surface area contributed by atoms with Gasteiger partial charge in [-0.05, 0) is 24.3 Å². The van der Waals surface area contributed by atoms with E-state index in [-0.39, 0.29) is 0 Å². The molecule has 9 heteroatoms. The van der Waals surface area contributed by atoms with Gasteiger partial charge in [-0.15, -0.1) is 15.3 Å². The molecule has 108 valence electrons. The summed E-state index contributed by atoms with van der Waals surface area (Å²) in [6, 6.07) is 7.14. The first kappa shape index (κ1) is 12.3. The summed E-state index contributed by atoms with van der Waals surface area (Å²) in [5.41, 5.74) is 0. The molecule has 4 aromatic rings. The van der Waals surface area contributed by atoms with Crippen LogP contribution in [-0.4, -0.2) is 36.9 Å². The summed E-state index contributed by atoms with van der Waals surface area (Å²) in [5, 5.41) is 16.3. The summed E-state index contributed by atoms with van der Waals surface area (Å²) in [4.78, 5) is 4.18. The fraction of sp³-hybridized carbons (Fsp3) is 0. The van der Waals surface area contributed by atoms with E-state index < -0.39 is 0 Å². The Balaban J connectivity index is 1.64. The highest BCUT2D eigenvalue weighted by atomic mass is 16.3. The highest BCUT2D eigenvalue weighted by Crippen LogP contribution is 2.10. The fourth-order valence-corrected chi connectivity index (χ4v) is 1.79. The minimum absolute atomic E-state index is 0.332. The topological polar surface area (TPSA) is 99.0 Å². The molecule has 0 aliphatic heterocycles. The van der Waals surface area contributed by atoms with Gasteiger partial charge in [0.25, 0.3) is 11.7 Å². The lowest BCUT2D eigenvalue weighted by Crippen LogP contribution is -1.89. The number of fused-ring (bicyclic) bond motifs is 1. The Morgan fingerprint density at radius 3 is 2.50 bits per heavy atom. The number of hydrogen-bond donors (Lipinski definition) is 0. The molecule has 0 atom stereocenters. The molecule has 0 aliphatic carbocycles. The largest absolute Gasteiger partial charge is 0.463 e. The highest BCUT2D eigenvalue weighted by molar-refractivity contribution is 5.77. The van der Waals surface area contributed by atoms with Gasteiger partial charge in [0.1, 0.15) is 17.8 Å². The molecule has 0 saturated carbocycles. The number of aliphatic imine (C=N–C) groups is 1. The fourth-order valence-electron chi connectivity index (χ4n) is 1.79. The van der Waals surface area contributed by atoms with E-state index in [1.807, 2.05) is 0 Å². The van der Waals surface area contributed by atoms with E-state index in [4.69, 9.17) is 8.83 Å². The van der Waals surface area contributed by atoms with Gasteiger partial charge in [-0.3, -0.25) is 0 Å². The molecule has 0 spiro atoms. The Labute approximate surface area is 123 Å². The zero-order valence-corrected chi connectivity index (χ0v) is 11.1. The molecule has 4 rings (SSSR count). The van der Waals surface area contributed by atoms with Crippen LogP contribution in [0.1, 0.15) is 11.5 Å². The van der Waals surface area contributed by atoms with E-state index in [2.05, 4.69) is 25.4 Å². The third-order valence-electron chi connectivity index (χ3n) is 2.79. The van der Waals surface area contributed by atoms with Crippen molar-refractivity contribution in [3.8, 4) is 0 Å². The van der Waals surface area contributed by atoms with Gasteiger partial charge < -0.3 is 8.83 Å². The van der Waals surface area contributed by atoms with Crippen LogP contribution in [0.5, 0.6) is 0 Å². The van der Waals surface area contributed by atoms with Crippen molar-refractivity contribution in [2.24, 2.45) is 10.1 Å². The van der Waals surface area contributed by atoms with E-state index >= 15 is 0 Å². The van der Waals surface area contributed by atoms with E-state index in [1.165, 1.54) is 15.5 Å². The normalized spacial score (nSPS) is 12.2. The maximum Gasteiger partial charge on any atom is 0.276 e. The molecule has 4 heterocycles. The Morgan fingerprint density at radius 2 is 1.77 bits per heavy atom. The van der Waals surface area contributed by atoms with Gasteiger partial charge in [-0.2, -0.15) is 14.3 Å². The van der Waals surface area contributed by atoms with Crippen molar-refractivity contribution in [3.63, 3.8) is 0 Å². The van der Waals surface area contributed by atoms with E-state index in [0.29, 0.717) is 23.2 Å². The maximum atomic E-state index is 5.17. The summed E-state index contributed by atoms with van der Waals surface area (Å²) in [5.74, 6) is 2.02. The second-order valence-corrected chi connectivity index (χ2v) is 4.22. The monoisotopic (exact) mass is 295 g/mol. The second kappa shape index (κ2) is 5.13. The number of nitrogens with zero attached hydrogens (tertiary/aromatic N) is 7. The molecule has 0 radical (unpaired) electrons. The quantitative estimate of drug-likeness (QED) is 0.534. The van der Waals surface area contributed by atoms with Crippen LogP contribution in [0.15, 0.2) is 62.0 Å². The lowest BCUT2D eigenvalue weighted by molar-refractivity contribution is 0.559. The van der Waals surface area contributed by atoms with Crippen molar-refractivity contribution in [3.05, 3.63) is 54.6 Å². The molecule has 0 amide bonds. The van der Waals surface area contributed by atoms with E-state index in [0.717, 1.165) is 0 Å². The molecule has 9 nitrogen and oxygen atoms in total. The SMILES string of the molecule is C(=Nc1nnc2n(/N=C\c3ccco3)cnn12)c1ccco1. The molecular weight excluding hydrogens is 286 g/mol. The third-order valence-corrected chi connectivity index (χ3v) is 2.79. The van der Waals surface area contributed by atoms with Crippen molar-refractivity contribution in [2.75, 3.05) is 0 Å². The zero-order chi connectivity index (χ0) is 14.8. The molecule has 0 fully saturated rings. The molecule has 4 aromatic heterocycles. The first-order valence-corrected chi connectivity index (χ1v) is 6.34. The van der Waals surface area contributed by atoms with Crippen molar-refractivity contribution in [1.82, 2.24) is 24.5 Å². The van der Waals surface area contributed by atoms with Gasteiger partial charge in [0.05, 0.1) is 25.0 Å². The molecule has 0 aromatic carbocycles. The summed E-state index contributed by atoms with van der Waals surface area (Å²) in [6.45, 7) is 0. The zero-order valence-electron chi connectivity index (χ0n) is 11.1. The van der Waals surface area contributed by atoms with Gasteiger partial charge in [0.15, 0.2) is 0 Å². The average Bonchev–Trinajstić information content (AvgIpc) is 3.28. The number of aromatic nitrogens is 5. The maximum absolute atomic E-state index is 5.17. The molecule has 0 bridgehead atoms. The minimum Gasteiger partial charge on any atom is -0.463 e. The summed E-state index contributed by atoms with van der Waals surface area (Å²) in [7, 11) is 0. The summed E-state index contributed by atoms with van der Waals surface area (Å²) >= 11 is 0. The Kier molecular flexibility index (Phi) is 2.86. The van der Waals surface area contributed by atoms with Crippen LogP contribution in [0.3, 0.4) is 0 Å². The van der Waals surface area contributed by atoms with Crippen LogP contribution in [0.25, 0.3) is 5.78 Å². The van der Waals surface area contributed by atoms with Crippen molar-refractivity contribution < 1.29 is 8.83 Å². The molecule has 0 saturated heterocycles. The van der Waals surface area contributed by atoms with Gasteiger partial charge in [-0.1, -0.05) is 0 Å². The number of rotatable bonds is 4. The summed E-state index contributed by atoms with van der Waals surface area (Å²) < 4.78 is 13.3. The van der Waals surface area contributed by atoms with Crippen LogP contribution in [0, 0.1) is 0 Å². The van der Waals surface area contributed by atoms with Crippen LogP contribution < -0.4 is 0 Å². The molecule has 22 heavy (non-hydrogen) atoms. The average molecular weight is 295 g/mol. The molecular formula is C13H9N7O2.